The van der Waals surface area contributed by atoms with Crippen LogP contribution in [-0.2, 0) is 16.6 Å². The topological polar surface area (TPSA) is 132 Å². The fraction of sp³-hybridized carbons (Fsp3) is 0.444. The molecular formula is C27H30F3N7O3S. The summed E-state index contributed by atoms with van der Waals surface area (Å²) in [5.41, 5.74) is -0.0186. The standard InChI is InChI=1S/C27H30F3N7O3S/c1-16-12-18(14-19(13-16)35-24-32-7-4-21(36-24)27(28,29)30)20-15-34-23(41-20)26(40)5-2-17(3-6-26)22(38)31-8-10-37-11-9-33-25(37)39/h4,7,12-15,17,40H,2-3,5-6,8-11H2,1H3,(H,31,38)(H,33,39)(H,32,35,36). The summed E-state index contributed by atoms with van der Waals surface area (Å²) in [6, 6.07) is 6.16. The molecule has 0 atom stereocenters. The average molecular weight is 590 g/mol. The minimum atomic E-state index is -4.58. The number of nitrogens with zero attached hydrogens (tertiary/aromatic N) is 4. The van der Waals surface area contributed by atoms with E-state index in [-0.39, 0.29) is 23.8 Å². The van der Waals surface area contributed by atoms with Crippen LogP contribution in [0.3, 0.4) is 0 Å². The van der Waals surface area contributed by atoms with Gasteiger partial charge in [0.25, 0.3) is 0 Å². The number of hydrogen-bond acceptors (Lipinski definition) is 8. The number of alkyl halides is 3. The molecule has 3 amide bonds. The van der Waals surface area contributed by atoms with Gasteiger partial charge in [-0.25, -0.2) is 19.7 Å². The molecule has 10 nitrogen and oxygen atoms in total. The number of aromatic nitrogens is 3. The first-order valence-corrected chi connectivity index (χ1v) is 14.1. The van der Waals surface area contributed by atoms with Gasteiger partial charge in [-0.15, -0.1) is 11.3 Å². The first kappa shape index (κ1) is 28.7. The highest BCUT2D eigenvalue weighted by molar-refractivity contribution is 7.15. The van der Waals surface area contributed by atoms with Gasteiger partial charge < -0.3 is 26.0 Å². The Kier molecular flexibility index (Phi) is 8.13. The van der Waals surface area contributed by atoms with Crippen LogP contribution in [0, 0.1) is 12.8 Å². The lowest BCUT2D eigenvalue weighted by Gasteiger charge is -2.34. The SMILES string of the molecule is Cc1cc(Nc2nccc(C(F)(F)F)n2)cc(-c2cnc(C3(O)CCC(C(=O)NCCN4CCNC4=O)CC3)s2)c1. The molecule has 1 saturated heterocycles. The molecule has 5 rings (SSSR count). The van der Waals surface area contributed by atoms with Gasteiger partial charge in [0.05, 0.1) is 4.88 Å². The van der Waals surface area contributed by atoms with Gasteiger partial charge in [0.2, 0.25) is 11.9 Å². The molecule has 2 aromatic heterocycles. The molecule has 0 spiro atoms. The minimum Gasteiger partial charge on any atom is -0.383 e. The quantitative estimate of drug-likeness (QED) is 0.310. The van der Waals surface area contributed by atoms with Crippen LogP contribution >= 0.6 is 11.3 Å². The predicted octanol–water partition coefficient (Wildman–Crippen LogP) is 4.19. The molecular weight excluding hydrogens is 559 g/mol. The molecule has 0 radical (unpaired) electrons. The third kappa shape index (κ3) is 6.76. The molecule has 14 heteroatoms. The Morgan fingerprint density at radius 2 is 2.02 bits per heavy atom. The van der Waals surface area contributed by atoms with Gasteiger partial charge in [-0.3, -0.25) is 4.79 Å². The lowest BCUT2D eigenvalue weighted by Crippen LogP contribution is -2.41. The summed E-state index contributed by atoms with van der Waals surface area (Å²) in [6.45, 7) is 3.95. The van der Waals surface area contributed by atoms with Crippen LogP contribution in [0.5, 0.6) is 0 Å². The van der Waals surface area contributed by atoms with E-state index in [4.69, 9.17) is 0 Å². The van der Waals surface area contributed by atoms with Crippen LogP contribution < -0.4 is 16.0 Å². The van der Waals surface area contributed by atoms with E-state index in [1.54, 1.807) is 23.2 Å². The zero-order valence-corrected chi connectivity index (χ0v) is 23.1. The summed E-state index contributed by atoms with van der Waals surface area (Å²) in [6.07, 6.45) is -0.0528. The van der Waals surface area contributed by atoms with E-state index in [1.807, 2.05) is 13.0 Å². The fourth-order valence-corrected chi connectivity index (χ4v) is 6.13. The molecule has 3 heterocycles. The van der Waals surface area contributed by atoms with E-state index in [0.29, 0.717) is 62.6 Å². The van der Waals surface area contributed by atoms with Crippen molar-refractivity contribution in [1.82, 2.24) is 30.5 Å². The maximum Gasteiger partial charge on any atom is 0.433 e. The zero-order chi connectivity index (χ0) is 29.2. The maximum atomic E-state index is 13.0. The smallest absolute Gasteiger partial charge is 0.383 e. The lowest BCUT2D eigenvalue weighted by atomic mass is 9.78. The van der Waals surface area contributed by atoms with Crippen molar-refractivity contribution in [2.45, 2.75) is 44.4 Å². The summed E-state index contributed by atoms with van der Waals surface area (Å²) in [5.74, 6) is -0.459. The summed E-state index contributed by atoms with van der Waals surface area (Å²) in [4.78, 5) is 38.7. The highest BCUT2D eigenvalue weighted by Crippen LogP contribution is 2.43. The number of rotatable bonds is 8. The Hall–Kier alpha value is -3.78. The van der Waals surface area contributed by atoms with Crippen molar-refractivity contribution in [3.05, 3.63) is 52.9 Å². The van der Waals surface area contributed by atoms with Gasteiger partial charge in [0, 0.05) is 50.2 Å². The molecule has 1 aliphatic heterocycles. The molecule has 0 unspecified atom stereocenters. The van der Waals surface area contributed by atoms with Crippen molar-refractivity contribution < 1.29 is 27.9 Å². The second-order valence-corrected chi connectivity index (χ2v) is 11.4. The molecule has 2 fully saturated rings. The van der Waals surface area contributed by atoms with Gasteiger partial charge in [0.15, 0.2) is 0 Å². The van der Waals surface area contributed by atoms with Crippen molar-refractivity contribution in [1.29, 1.82) is 0 Å². The lowest BCUT2D eigenvalue weighted by molar-refractivity contribution is -0.141. The van der Waals surface area contributed by atoms with Crippen LogP contribution in [0.15, 0.2) is 36.7 Å². The second kappa shape index (κ2) is 11.6. The average Bonchev–Trinajstić information content (AvgIpc) is 3.58. The molecule has 4 N–H and O–H groups in total. The summed E-state index contributed by atoms with van der Waals surface area (Å²) in [5, 5.41) is 20.4. The Morgan fingerprint density at radius 3 is 2.73 bits per heavy atom. The van der Waals surface area contributed by atoms with E-state index in [9.17, 15) is 27.9 Å². The molecule has 0 bridgehead atoms. The largest absolute Gasteiger partial charge is 0.433 e. The van der Waals surface area contributed by atoms with Gasteiger partial charge in [0.1, 0.15) is 16.3 Å². The predicted molar refractivity (Wildman–Crippen MR) is 146 cm³/mol. The molecule has 1 aromatic carbocycles. The van der Waals surface area contributed by atoms with Crippen LogP contribution in [0.4, 0.5) is 29.6 Å². The minimum absolute atomic E-state index is 0.0731. The van der Waals surface area contributed by atoms with Gasteiger partial charge in [-0.2, -0.15) is 13.2 Å². The van der Waals surface area contributed by atoms with Gasteiger partial charge in [-0.1, -0.05) is 6.07 Å². The van der Waals surface area contributed by atoms with Crippen LogP contribution in [0.25, 0.3) is 10.4 Å². The molecule has 218 valence electrons. The van der Waals surface area contributed by atoms with E-state index in [0.717, 1.165) is 28.3 Å². The number of halogens is 3. The summed E-state index contributed by atoms with van der Waals surface area (Å²) < 4.78 is 39.1. The molecule has 1 aliphatic carbocycles. The summed E-state index contributed by atoms with van der Waals surface area (Å²) in [7, 11) is 0. The van der Waals surface area contributed by atoms with Crippen molar-refractivity contribution in [3.63, 3.8) is 0 Å². The highest BCUT2D eigenvalue weighted by Gasteiger charge is 2.39. The number of benzene rings is 1. The Morgan fingerprint density at radius 1 is 1.24 bits per heavy atom. The highest BCUT2D eigenvalue weighted by atomic mass is 32.1. The van der Waals surface area contributed by atoms with Crippen LogP contribution in [0.1, 0.15) is 41.9 Å². The van der Waals surface area contributed by atoms with E-state index in [1.165, 1.54) is 11.3 Å². The fourth-order valence-electron chi connectivity index (χ4n) is 5.08. The van der Waals surface area contributed by atoms with E-state index in [2.05, 4.69) is 30.9 Å². The second-order valence-electron chi connectivity index (χ2n) is 10.3. The van der Waals surface area contributed by atoms with Crippen molar-refractivity contribution in [3.8, 4) is 10.4 Å². The Bertz CT molecular complexity index is 1420. The number of hydrogen-bond donors (Lipinski definition) is 4. The van der Waals surface area contributed by atoms with Gasteiger partial charge in [-0.05, 0) is 61.9 Å². The monoisotopic (exact) mass is 589 g/mol. The Labute approximate surface area is 238 Å². The number of aryl methyl sites for hydroxylation is 1. The first-order chi connectivity index (χ1) is 19.5. The normalized spacial score (nSPS) is 21.0. The van der Waals surface area contributed by atoms with E-state index >= 15 is 0 Å². The number of thiazole rings is 1. The van der Waals surface area contributed by atoms with Gasteiger partial charge >= 0.3 is 12.2 Å². The number of carbonyl (C=O) groups is 2. The summed E-state index contributed by atoms with van der Waals surface area (Å²) >= 11 is 1.35. The molecule has 1 saturated carbocycles. The van der Waals surface area contributed by atoms with Crippen molar-refractivity contribution >= 4 is 34.9 Å². The molecule has 41 heavy (non-hydrogen) atoms. The third-order valence-corrected chi connectivity index (χ3v) is 8.52. The number of carbonyl (C=O) groups excluding carboxylic acids is 2. The van der Waals surface area contributed by atoms with Crippen LogP contribution in [0.2, 0.25) is 0 Å². The molecule has 2 aliphatic rings. The number of anilines is 2. The first-order valence-electron chi connectivity index (χ1n) is 13.3. The van der Waals surface area contributed by atoms with E-state index < -0.39 is 17.5 Å². The molecule has 3 aromatic rings. The third-order valence-electron chi connectivity index (χ3n) is 7.28. The number of urea groups is 1. The van der Waals surface area contributed by atoms with Crippen molar-refractivity contribution in [2.24, 2.45) is 5.92 Å². The van der Waals surface area contributed by atoms with Crippen molar-refractivity contribution in [2.75, 3.05) is 31.5 Å². The Balaban J connectivity index is 1.20. The number of aliphatic hydroxyl groups is 1. The number of amides is 3. The number of nitrogens with one attached hydrogen (secondary N) is 3. The zero-order valence-electron chi connectivity index (χ0n) is 22.3. The maximum absolute atomic E-state index is 13.0. The van der Waals surface area contributed by atoms with Crippen LogP contribution in [-0.4, -0.2) is 63.1 Å².